The fraction of sp³-hybridized carbons (Fsp3) is 0.533. The topological polar surface area (TPSA) is 49.8 Å². The van der Waals surface area contributed by atoms with E-state index in [0.29, 0.717) is 5.92 Å². The van der Waals surface area contributed by atoms with Gasteiger partial charge in [-0.2, -0.15) is 0 Å². The summed E-state index contributed by atoms with van der Waals surface area (Å²) in [4.78, 5) is 13.4. The zero-order chi connectivity index (χ0) is 14.7. The number of likely N-dealkylation sites (tertiary alicyclic amines) is 1. The number of benzene rings is 1. The molecule has 1 aromatic carbocycles. The molecule has 1 fully saturated rings. The molecule has 1 saturated heterocycles. The van der Waals surface area contributed by atoms with E-state index >= 15 is 0 Å². The van der Waals surface area contributed by atoms with E-state index in [-0.39, 0.29) is 17.4 Å². The molecule has 5 heteroatoms. The number of ether oxygens (including phenoxy) is 1. The molecule has 1 aliphatic heterocycles. The van der Waals surface area contributed by atoms with Crippen molar-refractivity contribution in [3.05, 3.63) is 29.6 Å². The number of hydrogen-bond donors (Lipinski definition) is 1. The number of halogens is 1. The summed E-state index contributed by atoms with van der Waals surface area (Å²) in [6, 6.07) is 4.12. The Morgan fingerprint density at radius 2 is 2.10 bits per heavy atom. The number of rotatable bonds is 4. The lowest BCUT2D eigenvalue weighted by Gasteiger charge is -2.33. The molecule has 0 radical (unpaired) electrons. The largest absolute Gasteiger partial charge is 0.489 e. The third-order valence-electron chi connectivity index (χ3n) is 3.93. The summed E-state index contributed by atoms with van der Waals surface area (Å²) in [5.41, 5.74) is -0.382. The normalized spacial score (nSPS) is 18.8. The average molecular weight is 281 g/mol. The first-order valence-corrected chi connectivity index (χ1v) is 6.86. The molecular formula is C15H20FNO3. The molecule has 20 heavy (non-hydrogen) atoms. The molecule has 0 saturated carbocycles. The second-order valence-electron chi connectivity index (χ2n) is 5.38. The van der Waals surface area contributed by atoms with Crippen molar-refractivity contribution in [3.8, 4) is 5.75 Å². The third-order valence-corrected chi connectivity index (χ3v) is 3.93. The second-order valence-corrected chi connectivity index (χ2v) is 5.38. The van der Waals surface area contributed by atoms with Crippen molar-refractivity contribution >= 4 is 5.97 Å². The van der Waals surface area contributed by atoms with Gasteiger partial charge in [0.15, 0.2) is 0 Å². The number of nitrogens with zero attached hydrogens (tertiary/aromatic N) is 1. The maximum absolute atomic E-state index is 13.6. The standard InChI is InChI=1S/C15H20FNO3/c1-10(11-6-8-17(2)9-7-11)20-13-5-3-4-12(16)14(13)15(18)19/h3-5,10-11H,6-9H2,1-2H3,(H,18,19). The molecule has 0 bridgehead atoms. The average Bonchev–Trinajstić information content (AvgIpc) is 2.39. The number of carboxylic acid groups (broad SMARTS) is 1. The van der Waals surface area contributed by atoms with Crippen LogP contribution in [0.15, 0.2) is 18.2 Å². The lowest BCUT2D eigenvalue weighted by Crippen LogP contribution is -2.36. The number of carboxylic acids is 1. The quantitative estimate of drug-likeness (QED) is 0.921. The summed E-state index contributed by atoms with van der Waals surface area (Å²) in [6.07, 6.45) is 1.90. The van der Waals surface area contributed by atoms with Crippen LogP contribution in [0.1, 0.15) is 30.1 Å². The summed E-state index contributed by atoms with van der Waals surface area (Å²) < 4.78 is 19.3. The molecular weight excluding hydrogens is 261 g/mol. The van der Waals surface area contributed by atoms with Crippen LogP contribution in [0.4, 0.5) is 4.39 Å². The highest BCUT2D eigenvalue weighted by Gasteiger charge is 2.25. The monoisotopic (exact) mass is 281 g/mol. The van der Waals surface area contributed by atoms with Crippen molar-refractivity contribution in [3.63, 3.8) is 0 Å². The SMILES string of the molecule is CC(Oc1cccc(F)c1C(=O)O)C1CCN(C)CC1. The zero-order valence-corrected chi connectivity index (χ0v) is 11.8. The Bertz CT molecular complexity index is 484. The minimum atomic E-state index is -1.30. The van der Waals surface area contributed by atoms with Crippen LogP contribution in [-0.2, 0) is 0 Å². The molecule has 1 atom stereocenters. The highest BCUT2D eigenvalue weighted by atomic mass is 19.1. The van der Waals surface area contributed by atoms with E-state index in [0.717, 1.165) is 32.0 Å². The predicted octanol–water partition coefficient (Wildman–Crippen LogP) is 2.63. The fourth-order valence-electron chi connectivity index (χ4n) is 2.60. The summed E-state index contributed by atoms with van der Waals surface area (Å²) in [5, 5.41) is 9.08. The molecule has 1 heterocycles. The number of carbonyl (C=O) groups is 1. The Hall–Kier alpha value is -1.62. The van der Waals surface area contributed by atoms with Crippen LogP contribution in [0.5, 0.6) is 5.75 Å². The van der Waals surface area contributed by atoms with E-state index in [1.807, 2.05) is 6.92 Å². The number of piperidine rings is 1. The Morgan fingerprint density at radius 3 is 2.70 bits per heavy atom. The molecule has 4 nitrogen and oxygen atoms in total. The van der Waals surface area contributed by atoms with E-state index in [2.05, 4.69) is 11.9 Å². The smallest absolute Gasteiger partial charge is 0.342 e. The number of hydrogen-bond acceptors (Lipinski definition) is 3. The maximum Gasteiger partial charge on any atom is 0.342 e. The molecule has 0 aromatic heterocycles. The lowest BCUT2D eigenvalue weighted by atomic mass is 9.92. The van der Waals surface area contributed by atoms with Gasteiger partial charge in [0.2, 0.25) is 0 Å². The Morgan fingerprint density at radius 1 is 1.45 bits per heavy atom. The second kappa shape index (κ2) is 6.22. The van der Waals surface area contributed by atoms with Gasteiger partial charge in [0, 0.05) is 0 Å². The van der Waals surface area contributed by atoms with Crippen LogP contribution >= 0.6 is 0 Å². The van der Waals surface area contributed by atoms with Gasteiger partial charge < -0.3 is 14.7 Å². The summed E-state index contributed by atoms with van der Waals surface area (Å²) in [6.45, 7) is 3.94. The molecule has 1 N–H and O–H groups in total. The van der Waals surface area contributed by atoms with Crippen LogP contribution in [-0.4, -0.2) is 42.2 Å². The molecule has 0 spiro atoms. The van der Waals surface area contributed by atoms with Crippen LogP contribution < -0.4 is 4.74 Å². The fourth-order valence-corrected chi connectivity index (χ4v) is 2.60. The van der Waals surface area contributed by atoms with Crippen LogP contribution in [0.25, 0.3) is 0 Å². The summed E-state index contributed by atoms with van der Waals surface area (Å²) in [5.74, 6) is -1.57. The van der Waals surface area contributed by atoms with E-state index < -0.39 is 11.8 Å². The van der Waals surface area contributed by atoms with Crippen molar-refractivity contribution in [2.45, 2.75) is 25.9 Å². The van der Waals surface area contributed by atoms with Gasteiger partial charge in [0.25, 0.3) is 0 Å². The lowest BCUT2D eigenvalue weighted by molar-refractivity contribution is 0.0669. The molecule has 2 rings (SSSR count). The molecule has 0 amide bonds. The zero-order valence-electron chi connectivity index (χ0n) is 11.8. The first kappa shape index (κ1) is 14.8. The van der Waals surface area contributed by atoms with Gasteiger partial charge in [-0.1, -0.05) is 6.07 Å². The van der Waals surface area contributed by atoms with E-state index in [1.165, 1.54) is 12.1 Å². The van der Waals surface area contributed by atoms with Gasteiger partial charge in [0.05, 0.1) is 6.10 Å². The van der Waals surface area contributed by atoms with Crippen molar-refractivity contribution < 1.29 is 19.0 Å². The van der Waals surface area contributed by atoms with Crippen LogP contribution in [0.2, 0.25) is 0 Å². The molecule has 1 unspecified atom stereocenters. The van der Waals surface area contributed by atoms with Crippen molar-refractivity contribution in [1.29, 1.82) is 0 Å². The van der Waals surface area contributed by atoms with Crippen molar-refractivity contribution in [2.24, 2.45) is 5.92 Å². The third kappa shape index (κ3) is 3.28. The van der Waals surface area contributed by atoms with Gasteiger partial charge >= 0.3 is 5.97 Å². The van der Waals surface area contributed by atoms with Gasteiger partial charge in [-0.3, -0.25) is 0 Å². The van der Waals surface area contributed by atoms with Crippen LogP contribution in [0, 0.1) is 11.7 Å². The van der Waals surface area contributed by atoms with Gasteiger partial charge in [-0.25, -0.2) is 9.18 Å². The molecule has 0 aliphatic carbocycles. The Balaban J connectivity index is 2.10. The summed E-state index contributed by atoms with van der Waals surface area (Å²) >= 11 is 0. The first-order valence-electron chi connectivity index (χ1n) is 6.86. The number of aromatic carboxylic acids is 1. The van der Waals surface area contributed by atoms with Gasteiger partial charge in [0.1, 0.15) is 17.1 Å². The van der Waals surface area contributed by atoms with Crippen molar-refractivity contribution in [1.82, 2.24) is 4.90 Å². The van der Waals surface area contributed by atoms with E-state index in [9.17, 15) is 9.18 Å². The Kier molecular flexibility index (Phi) is 4.60. The Labute approximate surface area is 118 Å². The molecule has 1 aromatic rings. The minimum Gasteiger partial charge on any atom is -0.489 e. The molecule has 110 valence electrons. The van der Waals surface area contributed by atoms with E-state index in [4.69, 9.17) is 9.84 Å². The van der Waals surface area contributed by atoms with Crippen molar-refractivity contribution in [2.75, 3.05) is 20.1 Å². The minimum absolute atomic E-state index is 0.115. The molecule has 1 aliphatic rings. The first-order chi connectivity index (χ1) is 9.49. The predicted molar refractivity (Wildman–Crippen MR) is 73.7 cm³/mol. The highest BCUT2D eigenvalue weighted by molar-refractivity contribution is 5.91. The maximum atomic E-state index is 13.6. The van der Waals surface area contributed by atoms with Gasteiger partial charge in [-0.05, 0) is 58.0 Å². The van der Waals surface area contributed by atoms with Crippen LogP contribution in [0.3, 0.4) is 0 Å². The van der Waals surface area contributed by atoms with E-state index in [1.54, 1.807) is 0 Å². The summed E-state index contributed by atoms with van der Waals surface area (Å²) in [7, 11) is 2.08. The van der Waals surface area contributed by atoms with Gasteiger partial charge in [-0.15, -0.1) is 0 Å². The highest BCUT2D eigenvalue weighted by Crippen LogP contribution is 2.27.